The number of amides is 1. The molecular weight excluding hydrogens is 296 g/mol. The van der Waals surface area contributed by atoms with Gasteiger partial charge in [0.1, 0.15) is 5.75 Å². The van der Waals surface area contributed by atoms with Gasteiger partial charge in [0, 0.05) is 5.69 Å². The summed E-state index contributed by atoms with van der Waals surface area (Å²) in [5, 5.41) is 3.17. The number of carbonyl (C=O) groups excluding carboxylic acids is 1. The van der Waals surface area contributed by atoms with E-state index < -0.39 is 0 Å². The van der Waals surface area contributed by atoms with Gasteiger partial charge in [-0.05, 0) is 42.0 Å². The van der Waals surface area contributed by atoms with Crippen LogP contribution < -0.4 is 15.0 Å². The van der Waals surface area contributed by atoms with E-state index in [9.17, 15) is 4.79 Å². The lowest BCUT2D eigenvalue weighted by atomic mass is 9.99. The van der Waals surface area contributed by atoms with E-state index in [-0.39, 0.29) is 11.9 Å². The molecule has 0 saturated carbocycles. The number of anilines is 1. The van der Waals surface area contributed by atoms with Crippen molar-refractivity contribution >= 4 is 28.9 Å². The van der Waals surface area contributed by atoms with Crippen LogP contribution in [0, 0.1) is 0 Å². The Morgan fingerprint density at radius 3 is 2.45 bits per heavy atom. The minimum absolute atomic E-state index is 0.0522. The minimum atomic E-state index is -0.101. The number of rotatable bonds is 3. The zero-order valence-corrected chi connectivity index (χ0v) is 13.0. The summed E-state index contributed by atoms with van der Waals surface area (Å²) in [5.74, 6) is 0.732. The van der Waals surface area contributed by atoms with Gasteiger partial charge in [0.15, 0.2) is 5.11 Å². The second-order valence-corrected chi connectivity index (χ2v) is 5.44. The van der Waals surface area contributed by atoms with Crippen LogP contribution in [-0.2, 0) is 4.79 Å². The van der Waals surface area contributed by atoms with Gasteiger partial charge < -0.3 is 15.0 Å². The molecule has 1 aliphatic rings. The quantitative estimate of drug-likeness (QED) is 0.885. The zero-order chi connectivity index (χ0) is 15.5. The van der Waals surface area contributed by atoms with Crippen molar-refractivity contribution in [2.45, 2.75) is 12.5 Å². The molecule has 1 saturated heterocycles. The van der Waals surface area contributed by atoms with E-state index >= 15 is 0 Å². The van der Waals surface area contributed by atoms with Crippen molar-refractivity contribution in [2.75, 3.05) is 12.0 Å². The van der Waals surface area contributed by atoms with Crippen molar-refractivity contribution in [3.05, 3.63) is 60.2 Å². The van der Waals surface area contributed by atoms with Gasteiger partial charge in [-0.2, -0.15) is 0 Å². The maximum Gasteiger partial charge on any atom is 0.228 e. The minimum Gasteiger partial charge on any atom is -0.497 e. The average Bonchev–Trinajstić information content (AvgIpc) is 2.55. The van der Waals surface area contributed by atoms with E-state index in [4.69, 9.17) is 17.0 Å². The van der Waals surface area contributed by atoms with Crippen LogP contribution in [0.1, 0.15) is 18.0 Å². The molecule has 1 atom stereocenters. The Morgan fingerprint density at radius 1 is 1.14 bits per heavy atom. The molecule has 0 radical (unpaired) electrons. The van der Waals surface area contributed by atoms with Crippen LogP contribution in [0.2, 0.25) is 0 Å². The summed E-state index contributed by atoms with van der Waals surface area (Å²) in [6.07, 6.45) is 0.371. The summed E-state index contributed by atoms with van der Waals surface area (Å²) in [5.41, 5.74) is 2.00. The Labute approximate surface area is 134 Å². The SMILES string of the molecule is COc1ccc(N2C(=S)NC(=O)C[C@H]2c2ccccc2)cc1. The highest BCUT2D eigenvalue weighted by Gasteiger charge is 2.32. The zero-order valence-electron chi connectivity index (χ0n) is 12.2. The molecule has 0 bridgehead atoms. The highest BCUT2D eigenvalue weighted by molar-refractivity contribution is 7.80. The molecule has 0 aliphatic carbocycles. The van der Waals surface area contributed by atoms with Gasteiger partial charge in [0.05, 0.1) is 19.6 Å². The summed E-state index contributed by atoms with van der Waals surface area (Å²) in [4.78, 5) is 13.9. The summed E-state index contributed by atoms with van der Waals surface area (Å²) >= 11 is 5.39. The molecule has 0 unspecified atom stereocenters. The number of thiocarbonyl (C=S) groups is 1. The number of hydrogen-bond donors (Lipinski definition) is 1. The molecule has 1 heterocycles. The van der Waals surface area contributed by atoms with Crippen molar-refractivity contribution in [3.8, 4) is 5.75 Å². The first-order valence-electron chi connectivity index (χ1n) is 7.01. The molecule has 4 nitrogen and oxygen atoms in total. The highest BCUT2D eigenvalue weighted by atomic mass is 32.1. The van der Waals surface area contributed by atoms with Crippen LogP contribution >= 0.6 is 12.2 Å². The van der Waals surface area contributed by atoms with Gasteiger partial charge in [0.2, 0.25) is 5.91 Å². The van der Waals surface area contributed by atoms with Crippen LogP contribution in [0.5, 0.6) is 5.75 Å². The lowest BCUT2D eigenvalue weighted by molar-refractivity contribution is -0.120. The number of methoxy groups -OCH3 is 1. The topological polar surface area (TPSA) is 41.6 Å². The van der Waals surface area contributed by atoms with E-state index in [0.717, 1.165) is 17.0 Å². The third kappa shape index (κ3) is 2.80. The fourth-order valence-corrected chi connectivity index (χ4v) is 2.97. The molecule has 5 heteroatoms. The maximum atomic E-state index is 11.9. The van der Waals surface area contributed by atoms with Crippen LogP contribution in [0.25, 0.3) is 0 Å². The van der Waals surface area contributed by atoms with E-state index in [0.29, 0.717) is 11.5 Å². The molecule has 22 heavy (non-hydrogen) atoms. The molecule has 2 aromatic rings. The van der Waals surface area contributed by atoms with E-state index in [2.05, 4.69) is 5.32 Å². The maximum absolute atomic E-state index is 11.9. The molecule has 0 spiro atoms. The average molecular weight is 312 g/mol. The molecule has 1 aliphatic heterocycles. The van der Waals surface area contributed by atoms with Crippen LogP contribution in [0.4, 0.5) is 5.69 Å². The first-order chi connectivity index (χ1) is 10.7. The largest absolute Gasteiger partial charge is 0.497 e. The predicted octanol–water partition coefficient (Wildman–Crippen LogP) is 3.05. The Bertz CT molecular complexity index is 686. The van der Waals surface area contributed by atoms with E-state index in [1.165, 1.54) is 0 Å². The normalized spacial score (nSPS) is 18.0. The molecule has 1 fully saturated rings. The Kier molecular flexibility index (Phi) is 4.06. The van der Waals surface area contributed by atoms with E-state index in [1.54, 1.807) is 7.11 Å². The van der Waals surface area contributed by atoms with Crippen molar-refractivity contribution in [1.82, 2.24) is 5.32 Å². The molecule has 112 valence electrons. The van der Waals surface area contributed by atoms with Crippen molar-refractivity contribution in [1.29, 1.82) is 0 Å². The third-order valence-corrected chi connectivity index (χ3v) is 3.99. The summed E-state index contributed by atoms with van der Waals surface area (Å²) in [6.45, 7) is 0. The van der Waals surface area contributed by atoms with Crippen molar-refractivity contribution < 1.29 is 9.53 Å². The second kappa shape index (κ2) is 6.15. The number of ether oxygens (including phenoxy) is 1. The van der Waals surface area contributed by atoms with Gasteiger partial charge in [-0.25, -0.2) is 0 Å². The summed E-state index contributed by atoms with van der Waals surface area (Å²) < 4.78 is 5.19. The molecular formula is C17H16N2O2S. The number of nitrogens with one attached hydrogen (secondary N) is 1. The predicted molar refractivity (Wildman–Crippen MR) is 90.0 cm³/mol. The Balaban J connectivity index is 2.00. The lowest BCUT2D eigenvalue weighted by Crippen LogP contribution is -2.51. The van der Waals surface area contributed by atoms with Gasteiger partial charge in [-0.15, -0.1) is 0 Å². The fourth-order valence-electron chi connectivity index (χ4n) is 2.62. The van der Waals surface area contributed by atoms with Gasteiger partial charge in [0.25, 0.3) is 0 Å². The van der Waals surface area contributed by atoms with Gasteiger partial charge in [-0.3, -0.25) is 4.79 Å². The smallest absolute Gasteiger partial charge is 0.228 e. The standard InChI is InChI=1S/C17H16N2O2S/c1-21-14-9-7-13(8-10-14)19-15(11-16(20)18-17(19)22)12-5-3-2-4-6-12/h2-10,15H,11H2,1H3,(H,18,20,22)/t15-/m0/s1. The number of carbonyl (C=O) groups is 1. The fraction of sp³-hybridized carbons (Fsp3) is 0.176. The second-order valence-electron chi connectivity index (χ2n) is 5.05. The monoisotopic (exact) mass is 312 g/mol. The number of nitrogens with zero attached hydrogens (tertiary/aromatic N) is 1. The Morgan fingerprint density at radius 2 is 1.82 bits per heavy atom. The van der Waals surface area contributed by atoms with Crippen molar-refractivity contribution in [3.63, 3.8) is 0 Å². The molecule has 1 amide bonds. The summed E-state index contributed by atoms with van der Waals surface area (Å²) in [7, 11) is 1.63. The molecule has 0 aromatic heterocycles. The third-order valence-electron chi connectivity index (χ3n) is 3.69. The number of hydrogen-bond acceptors (Lipinski definition) is 3. The number of benzene rings is 2. The van der Waals surface area contributed by atoms with Crippen molar-refractivity contribution in [2.24, 2.45) is 0 Å². The van der Waals surface area contributed by atoms with Gasteiger partial charge in [-0.1, -0.05) is 30.3 Å². The van der Waals surface area contributed by atoms with Crippen LogP contribution in [0.15, 0.2) is 54.6 Å². The first-order valence-corrected chi connectivity index (χ1v) is 7.42. The van der Waals surface area contributed by atoms with Gasteiger partial charge >= 0.3 is 0 Å². The Hall–Kier alpha value is -2.40. The van der Waals surface area contributed by atoms with Crippen LogP contribution in [0.3, 0.4) is 0 Å². The summed E-state index contributed by atoms with van der Waals surface area (Å²) in [6, 6.07) is 17.5. The van der Waals surface area contributed by atoms with E-state index in [1.807, 2.05) is 59.5 Å². The molecule has 2 aromatic carbocycles. The lowest BCUT2D eigenvalue weighted by Gasteiger charge is -2.37. The first kappa shape index (κ1) is 14.5. The molecule has 3 rings (SSSR count). The molecule has 1 N–H and O–H groups in total. The van der Waals surface area contributed by atoms with Crippen LogP contribution in [-0.4, -0.2) is 18.1 Å². The highest BCUT2D eigenvalue weighted by Crippen LogP contribution is 2.33.